The molecular weight excluding hydrogens is 201 g/mol. The largest absolute Gasteiger partial charge is 0.504 e. The van der Waals surface area contributed by atoms with Crippen LogP contribution < -0.4 is 4.74 Å². The molecule has 0 aliphatic carbocycles. The van der Waals surface area contributed by atoms with E-state index in [9.17, 15) is 14.3 Å². The first-order valence-electron chi connectivity index (χ1n) is 4.20. The van der Waals surface area contributed by atoms with Crippen molar-refractivity contribution in [3.05, 3.63) is 23.0 Å². The van der Waals surface area contributed by atoms with Crippen molar-refractivity contribution in [2.24, 2.45) is 4.99 Å². The Bertz CT molecular complexity index is 425. The highest BCUT2D eigenvalue weighted by Crippen LogP contribution is 2.34. The molecule has 0 heterocycles. The summed E-state index contributed by atoms with van der Waals surface area (Å²) in [4.78, 5) is 13.2. The second-order valence-electron chi connectivity index (χ2n) is 2.96. The van der Waals surface area contributed by atoms with E-state index in [0.717, 1.165) is 0 Å². The summed E-state index contributed by atoms with van der Waals surface area (Å²) in [6, 6.07) is 1.41. The minimum Gasteiger partial charge on any atom is -0.504 e. The van der Waals surface area contributed by atoms with Crippen molar-refractivity contribution in [2.75, 3.05) is 7.11 Å². The van der Waals surface area contributed by atoms with Gasteiger partial charge in [-0.05, 0) is 18.6 Å². The van der Waals surface area contributed by atoms with Gasteiger partial charge in [0, 0.05) is 5.56 Å². The van der Waals surface area contributed by atoms with Crippen LogP contribution in [-0.2, 0) is 11.3 Å². The van der Waals surface area contributed by atoms with E-state index in [0.29, 0.717) is 5.56 Å². The van der Waals surface area contributed by atoms with Gasteiger partial charge >= 0.3 is 0 Å². The number of isocyanates is 1. The number of hydrogen-bond acceptors (Lipinski definition) is 4. The molecule has 1 aromatic carbocycles. The molecule has 15 heavy (non-hydrogen) atoms. The number of ether oxygens (including phenoxy) is 1. The standard InChI is InChI=1S/C10H10FNO3/c1-6-3-7(4-12-5-13)8(11)10(15-2)9(6)14/h3,14H,4H2,1-2H3. The number of nitrogens with zero attached hydrogens (tertiary/aromatic N) is 1. The van der Waals surface area contributed by atoms with Crippen molar-refractivity contribution >= 4 is 6.08 Å². The smallest absolute Gasteiger partial charge is 0.235 e. The fourth-order valence-corrected chi connectivity index (χ4v) is 1.24. The number of halogens is 1. The molecule has 0 bridgehead atoms. The summed E-state index contributed by atoms with van der Waals surface area (Å²) < 4.78 is 18.3. The molecule has 1 rings (SSSR count). The van der Waals surface area contributed by atoms with Crippen LogP contribution >= 0.6 is 0 Å². The first kappa shape index (κ1) is 11.2. The first-order chi connectivity index (χ1) is 7.11. The molecule has 0 radical (unpaired) electrons. The number of benzene rings is 1. The van der Waals surface area contributed by atoms with Gasteiger partial charge in [0.2, 0.25) is 6.08 Å². The summed E-state index contributed by atoms with van der Waals surface area (Å²) in [7, 11) is 1.25. The lowest BCUT2D eigenvalue weighted by Crippen LogP contribution is -1.96. The lowest BCUT2D eigenvalue weighted by molar-refractivity contribution is 0.347. The highest BCUT2D eigenvalue weighted by molar-refractivity contribution is 5.49. The third kappa shape index (κ3) is 2.14. The Labute approximate surface area is 86.0 Å². The van der Waals surface area contributed by atoms with E-state index in [4.69, 9.17) is 4.74 Å². The van der Waals surface area contributed by atoms with Gasteiger partial charge in [-0.1, -0.05) is 0 Å². The molecule has 0 fully saturated rings. The molecule has 0 unspecified atom stereocenters. The Morgan fingerprint density at radius 3 is 2.87 bits per heavy atom. The van der Waals surface area contributed by atoms with Crippen LogP contribution in [0.3, 0.4) is 0 Å². The number of phenolic OH excluding ortho intramolecular Hbond substituents is 1. The summed E-state index contributed by atoms with van der Waals surface area (Å²) in [6.07, 6.45) is 1.32. The Morgan fingerprint density at radius 2 is 2.33 bits per heavy atom. The highest BCUT2D eigenvalue weighted by Gasteiger charge is 2.16. The predicted molar refractivity (Wildman–Crippen MR) is 51.2 cm³/mol. The van der Waals surface area contributed by atoms with Crippen LogP contribution in [0.25, 0.3) is 0 Å². The first-order valence-corrected chi connectivity index (χ1v) is 4.20. The fraction of sp³-hybridized carbons (Fsp3) is 0.300. The monoisotopic (exact) mass is 211 g/mol. The number of methoxy groups -OCH3 is 1. The summed E-state index contributed by atoms with van der Waals surface area (Å²) in [6.45, 7) is 1.48. The van der Waals surface area contributed by atoms with E-state index in [1.807, 2.05) is 0 Å². The lowest BCUT2D eigenvalue weighted by atomic mass is 10.1. The van der Waals surface area contributed by atoms with E-state index in [-0.39, 0.29) is 23.6 Å². The average Bonchev–Trinajstić information content (AvgIpc) is 2.22. The molecule has 0 saturated carbocycles. The second kappa shape index (κ2) is 4.57. The molecule has 1 aromatic rings. The van der Waals surface area contributed by atoms with E-state index in [1.165, 1.54) is 19.3 Å². The third-order valence-electron chi connectivity index (χ3n) is 1.98. The molecule has 80 valence electrons. The minimum absolute atomic E-state index is 0.118. The summed E-state index contributed by atoms with van der Waals surface area (Å²) in [5, 5.41) is 9.46. The Hall–Kier alpha value is -1.87. The molecule has 5 heteroatoms. The van der Waals surface area contributed by atoms with Gasteiger partial charge in [0.1, 0.15) is 0 Å². The molecule has 0 saturated heterocycles. The van der Waals surface area contributed by atoms with Crippen LogP contribution in [0.5, 0.6) is 11.5 Å². The van der Waals surface area contributed by atoms with Crippen molar-refractivity contribution < 1.29 is 19.0 Å². The third-order valence-corrected chi connectivity index (χ3v) is 1.98. The molecule has 4 nitrogen and oxygen atoms in total. The maximum Gasteiger partial charge on any atom is 0.235 e. The molecule has 1 N–H and O–H groups in total. The van der Waals surface area contributed by atoms with Gasteiger partial charge in [0.25, 0.3) is 0 Å². The second-order valence-corrected chi connectivity index (χ2v) is 2.96. The van der Waals surface area contributed by atoms with Crippen molar-refractivity contribution in [2.45, 2.75) is 13.5 Å². The molecule has 0 aromatic heterocycles. The topological polar surface area (TPSA) is 58.9 Å². The molecular formula is C10H10FNO3. The van der Waals surface area contributed by atoms with Crippen LogP contribution in [0.2, 0.25) is 0 Å². The zero-order valence-corrected chi connectivity index (χ0v) is 8.37. The quantitative estimate of drug-likeness (QED) is 0.611. The Kier molecular flexibility index (Phi) is 3.42. The van der Waals surface area contributed by atoms with Crippen LogP contribution in [0.15, 0.2) is 11.1 Å². The highest BCUT2D eigenvalue weighted by atomic mass is 19.1. The van der Waals surface area contributed by atoms with E-state index >= 15 is 0 Å². The van der Waals surface area contributed by atoms with E-state index in [2.05, 4.69) is 4.99 Å². The van der Waals surface area contributed by atoms with Crippen LogP contribution in [0.1, 0.15) is 11.1 Å². The molecule has 0 amide bonds. The van der Waals surface area contributed by atoms with E-state index in [1.54, 1.807) is 6.92 Å². The van der Waals surface area contributed by atoms with Gasteiger partial charge in [-0.25, -0.2) is 14.2 Å². The van der Waals surface area contributed by atoms with Crippen molar-refractivity contribution in [1.82, 2.24) is 0 Å². The number of hydrogen-bond donors (Lipinski definition) is 1. The van der Waals surface area contributed by atoms with Gasteiger partial charge in [0.15, 0.2) is 17.3 Å². The van der Waals surface area contributed by atoms with Gasteiger partial charge in [-0.2, -0.15) is 0 Å². The zero-order valence-electron chi connectivity index (χ0n) is 8.37. The van der Waals surface area contributed by atoms with Gasteiger partial charge in [0.05, 0.1) is 13.7 Å². The number of aliphatic imine (C=N–C) groups is 1. The van der Waals surface area contributed by atoms with E-state index < -0.39 is 5.82 Å². The number of aromatic hydroxyl groups is 1. The molecule has 0 atom stereocenters. The Morgan fingerprint density at radius 1 is 1.67 bits per heavy atom. The molecule has 0 aliphatic rings. The molecule has 0 spiro atoms. The van der Waals surface area contributed by atoms with Crippen LogP contribution in [-0.4, -0.2) is 18.3 Å². The minimum atomic E-state index is -0.709. The zero-order chi connectivity index (χ0) is 11.4. The number of rotatable bonds is 3. The SMILES string of the molecule is COc1c(O)c(C)cc(CN=C=O)c1F. The van der Waals surface area contributed by atoms with Gasteiger partial charge in [-0.3, -0.25) is 0 Å². The van der Waals surface area contributed by atoms with Crippen LogP contribution in [0.4, 0.5) is 4.39 Å². The van der Waals surface area contributed by atoms with Gasteiger partial charge in [-0.15, -0.1) is 0 Å². The number of aryl methyl sites for hydroxylation is 1. The fourth-order valence-electron chi connectivity index (χ4n) is 1.24. The predicted octanol–water partition coefficient (Wildman–Crippen LogP) is 1.68. The van der Waals surface area contributed by atoms with Crippen LogP contribution in [0, 0.1) is 12.7 Å². The summed E-state index contributed by atoms with van der Waals surface area (Å²) in [5.74, 6) is -1.18. The number of phenols is 1. The maximum atomic E-state index is 13.6. The Balaban J connectivity index is 3.29. The van der Waals surface area contributed by atoms with Gasteiger partial charge < -0.3 is 9.84 Å². The van der Waals surface area contributed by atoms with Crippen molar-refractivity contribution in [3.8, 4) is 11.5 Å². The summed E-state index contributed by atoms with van der Waals surface area (Å²) >= 11 is 0. The average molecular weight is 211 g/mol. The maximum absolute atomic E-state index is 13.6. The summed E-state index contributed by atoms with van der Waals surface area (Å²) in [5.41, 5.74) is 0.648. The van der Waals surface area contributed by atoms with Crippen molar-refractivity contribution in [3.63, 3.8) is 0 Å². The molecule has 0 aliphatic heterocycles. The lowest BCUT2D eigenvalue weighted by Gasteiger charge is -2.10. The normalized spacial score (nSPS) is 9.53. The number of carbonyl (C=O) groups excluding carboxylic acids is 1. The van der Waals surface area contributed by atoms with Crippen molar-refractivity contribution in [1.29, 1.82) is 0 Å².